The van der Waals surface area contributed by atoms with Gasteiger partial charge in [-0.1, -0.05) is 36.8 Å². The summed E-state index contributed by atoms with van der Waals surface area (Å²) in [5.74, 6) is 0.313. The first-order valence-corrected chi connectivity index (χ1v) is 6.86. The lowest BCUT2D eigenvalue weighted by molar-refractivity contribution is 0.124. The van der Waals surface area contributed by atoms with Crippen LogP contribution >= 0.6 is 0 Å². The molecular formula is C15H21NO3. The highest BCUT2D eigenvalue weighted by atomic mass is 16.5. The van der Waals surface area contributed by atoms with E-state index in [0.29, 0.717) is 12.5 Å². The maximum Gasteiger partial charge on any atom is 0.407 e. The summed E-state index contributed by atoms with van der Waals surface area (Å²) in [7, 11) is 0. The van der Waals surface area contributed by atoms with Crippen LogP contribution in [0, 0.1) is 5.92 Å². The van der Waals surface area contributed by atoms with Crippen molar-refractivity contribution in [3.8, 4) is 0 Å². The fourth-order valence-corrected chi connectivity index (χ4v) is 2.52. The van der Waals surface area contributed by atoms with Crippen molar-refractivity contribution in [1.82, 2.24) is 5.32 Å². The summed E-state index contributed by atoms with van der Waals surface area (Å²) >= 11 is 0. The highest BCUT2D eigenvalue weighted by molar-refractivity contribution is 5.67. The molecule has 19 heavy (non-hydrogen) atoms. The Labute approximate surface area is 113 Å². The molecule has 0 saturated heterocycles. The van der Waals surface area contributed by atoms with Gasteiger partial charge in [-0.2, -0.15) is 0 Å². The Morgan fingerprint density at radius 2 is 2.11 bits per heavy atom. The minimum absolute atomic E-state index is 0.133. The molecule has 1 aliphatic rings. The summed E-state index contributed by atoms with van der Waals surface area (Å²) in [6.07, 6.45) is 3.55. The van der Waals surface area contributed by atoms with Crippen LogP contribution in [0.25, 0.3) is 0 Å². The van der Waals surface area contributed by atoms with Crippen LogP contribution in [0.5, 0.6) is 0 Å². The van der Waals surface area contributed by atoms with Crippen molar-refractivity contribution in [2.45, 2.75) is 38.3 Å². The molecule has 2 rings (SSSR count). The molecule has 0 radical (unpaired) electrons. The molecule has 0 aliphatic heterocycles. The van der Waals surface area contributed by atoms with Gasteiger partial charge in [0.1, 0.15) is 6.61 Å². The van der Waals surface area contributed by atoms with E-state index in [1.807, 2.05) is 30.3 Å². The lowest BCUT2D eigenvalue weighted by atomic mass is 9.86. The molecule has 0 aromatic heterocycles. The van der Waals surface area contributed by atoms with Gasteiger partial charge in [0.05, 0.1) is 0 Å². The molecule has 0 spiro atoms. The second-order valence-corrected chi connectivity index (χ2v) is 5.12. The first-order valence-electron chi connectivity index (χ1n) is 6.86. The molecule has 1 aromatic carbocycles. The molecule has 1 fully saturated rings. The Balaban J connectivity index is 1.72. The zero-order chi connectivity index (χ0) is 13.5. The van der Waals surface area contributed by atoms with Crippen molar-refractivity contribution >= 4 is 6.09 Å². The van der Waals surface area contributed by atoms with Crippen LogP contribution in [0.15, 0.2) is 30.3 Å². The van der Waals surface area contributed by atoms with Crippen LogP contribution < -0.4 is 5.32 Å². The molecule has 1 aliphatic carbocycles. The zero-order valence-electron chi connectivity index (χ0n) is 11.0. The van der Waals surface area contributed by atoms with E-state index < -0.39 is 0 Å². The van der Waals surface area contributed by atoms with Crippen molar-refractivity contribution in [2.75, 3.05) is 6.61 Å². The fraction of sp³-hybridized carbons (Fsp3) is 0.533. The van der Waals surface area contributed by atoms with E-state index in [2.05, 4.69) is 5.32 Å². The number of ether oxygens (including phenoxy) is 1. The van der Waals surface area contributed by atoms with Crippen LogP contribution in [0.1, 0.15) is 31.2 Å². The molecule has 0 heterocycles. The maximum atomic E-state index is 11.7. The molecule has 1 aromatic rings. The lowest BCUT2D eigenvalue weighted by Crippen LogP contribution is -2.39. The van der Waals surface area contributed by atoms with Crippen LogP contribution in [0.4, 0.5) is 4.79 Å². The number of hydrogen-bond donors (Lipinski definition) is 2. The van der Waals surface area contributed by atoms with Gasteiger partial charge in [0, 0.05) is 12.6 Å². The fourth-order valence-electron chi connectivity index (χ4n) is 2.52. The van der Waals surface area contributed by atoms with E-state index in [1.165, 1.54) is 0 Å². The van der Waals surface area contributed by atoms with E-state index in [0.717, 1.165) is 31.2 Å². The number of aliphatic hydroxyl groups excluding tert-OH is 1. The van der Waals surface area contributed by atoms with Crippen LogP contribution in [-0.4, -0.2) is 23.8 Å². The number of carbonyl (C=O) groups is 1. The van der Waals surface area contributed by atoms with Gasteiger partial charge < -0.3 is 15.2 Å². The monoisotopic (exact) mass is 263 g/mol. The van der Waals surface area contributed by atoms with Gasteiger partial charge in [-0.15, -0.1) is 0 Å². The van der Waals surface area contributed by atoms with Gasteiger partial charge in [0.2, 0.25) is 0 Å². The summed E-state index contributed by atoms with van der Waals surface area (Å²) in [6, 6.07) is 9.76. The van der Waals surface area contributed by atoms with Gasteiger partial charge >= 0.3 is 6.09 Å². The third-order valence-electron chi connectivity index (χ3n) is 3.58. The topological polar surface area (TPSA) is 58.6 Å². The van der Waals surface area contributed by atoms with E-state index in [4.69, 9.17) is 9.84 Å². The molecular weight excluding hydrogens is 242 g/mol. The number of aliphatic hydroxyl groups is 1. The number of amides is 1. The second kappa shape index (κ2) is 7.14. The van der Waals surface area contributed by atoms with Gasteiger partial charge in [-0.05, 0) is 30.7 Å². The number of rotatable bonds is 4. The molecule has 1 saturated carbocycles. The summed E-state index contributed by atoms with van der Waals surface area (Å²) in [5.41, 5.74) is 0.981. The highest BCUT2D eigenvalue weighted by Crippen LogP contribution is 2.23. The normalized spacial score (nSPS) is 22.8. The Morgan fingerprint density at radius 1 is 1.32 bits per heavy atom. The minimum atomic E-state index is -0.368. The van der Waals surface area contributed by atoms with E-state index in [9.17, 15) is 4.79 Å². The molecule has 2 N–H and O–H groups in total. The molecule has 0 unspecified atom stereocenters. The predicted molar refractivity (Wildman–Crippen MR) is 72.6 cm³/mol. The summed E-state index contributed by atoms with van der Waals surface area (Å²) in [6.45, 7) is 0.500. The molecule has 4 nitrogen and oxygen atoms in total. The van der Waals surface area contributed by atoms with E-state index >= 15 is 0 Å². The molecule has 1 amide bonds. The second-order valence-electron chi connectivity index (χ2n) is 5.12. The largest absolute Gasteiger partial charge is 0.445 e. The first-order chi connectivity index (χ1) is 9.28. The van der Waals surface area contributed by atoms with E-state index in [-0.39, 0.29) is 18.7 Å². The Morgan fingerprint density at radius 3 is 2.84 bits per heavy atom. The van der Waals surface area contributed by atoms with Gasteiger partial charge in [0.25, 0.3) is 0 Å². The summed E-state index contributed by atoms with van der Waals surface area (Å²) in [4.78, 5) is 11.7. The molecule has 104 valence electrons. The summed E-state index contributed by atoms with van der Waals surface area (Å²) in [5, 5.41) is 12.0. The zero-order valence-corrected chi connectivity index (χ0v) is 11.0. The van der Waals surface area contributed by atoms with Gasteiger partial charge in [0.15, 0.2) is 0 Å². The highest BCUT2D eigenvalue weighted by Gasteiger charge is 2.23. The molecule has 0 bridgehead atoms. The smallest absolute Gasteiger partial charge is 0.407 e. The van der Waals surface area contributed by atoms with Crippen molar-refractivity contribution in [1.29, 1.82) is 0 Å². The SMILES string of the molecule is O=C(N[C@H]1CCC[C@@H](CO)C1)OCc1ccccc1. The quantitative estimate of drug-likeness (QED) is 0.877. The predicted octanol–water partition coefficient (Wildman–Crippen LogP) is 2.46. The standard InChI is InChI=1S/C15H21NO3/c17-10-13-7-4-8-14(9-13)16-15(18)19-11-12-5-2-1-3-6-12/h1-3,5-6,13-14,17H,4,7-11H2,(H,16,18)/t13-,14+/m1/s1. The maximum absolute atomic E-state index is 11.7. The Hall–Kier alpha value is -1.55. The number of benzene rings is 1. The van der Waals surface area contributed by atoms with Crippen molar-refractivity contribution in [3.63, 3.8) is 0 Å². The lowest BCUT2D eigenvalue weighted by Gasteiger charge is -2.28. The van der Waals surface area contributed by atoms with Crippen LogP contribution in [0.3, 0.4) is 0 Å². The third-order valence-corrected chi connectivity index (χ3v) is 3.58. The third kappa shape index (κ3) is 4.56. The van der Waals surface area contributed by atoms with E-state index in [1.54, 1.807) is 0 Å². The number of alkyl carbamates (subject to hydrolysis) is 1. The Kier molecular flexibility index (Phi) is 5.21. The number of carbonyl (C=O) groups excluding carboxylic acids is 1. The molecule has 4 heteroatoms. The number of hydrogen-bond acceptors (Lipinski definition) is 3. The number of nitrogens with one attached hydrogen (secondary N) is 1. The minimum Gasteiger partial charge on any atom is -0.445 e. The van der Waals surface area contributed by atoms with Crippen LogP contribution in [-0.2, 0) is 11.3 Å². The van der Waals surface area contributed by atoms with Crippen molar-refractivity contribution < 1.29 is 14.6 Å². The summed E-state index contributed by atoms with van der Waals surface area (Å²) < 4.78 is 5.19. The first kappa shape index (κ1) is 13.9. The van der Waals surface area contributed by atoms with Crippen molar-refractivity contribution in [3.05, 3.63) is 35.9 Å². The molecule has 2 atom stereocenters. The average Bonchev–Trinajstić information content (AvgIpc) is 2.46. The average molecular weight is 263 g/mol. The van der Waals surface area contributed by atoms with Gasteiger partial charge in [-0.25, -0.2) is 4.79 Å². The Bertz CT molecular complexity index is 394. The van der Waals surface area contributed by atoms with Crippen molar-refractivity contribution in [2.24, 2.45) is 5.92 Å². The van der Waals surface area contributed by atoms with Crippen LogP contribution in [0.2, 0.25) is 0 Å². The van der Waals surface area contributed by atoms with Gasteiger partial charge in [-0.3, -0.25) is 0 Å².